The smallest absolute Gasteiger partial charge is 0.325 e. The summed E-state index contributed by atoms with van der Waals surface area (Å²) in [5.41, 5.74) is -0.198. The maximum Gasteiger partial charge on any atom is 0.325 e. The number of aryl methyl sites for hydroxylation is 1. The van der Waals surface area contributed by atoms with Crippen molar-refractivity contribution in [3.8, 4) is 11.5 Å². The molecule has 1 aromatic carbocycles. The lowest BCUT2D eigenvalue weighted by atomic mass is 9.92. The van der Waals surface area contributed by atoms with Crippen LogP contribution in [0.4, 0.5) is 4.79 Å². The Labute approximate surface area is 142 Å². The molecular weight excluding hydrogens is 328 g/mol. The maximum atomic E-state index is 12.8. The fourth-order valence-corrected chi connectivity index (χ4v) is 3.01. The van der Waals surface area contributed by atoms with Gasteiger partial charge >= 0.3 is 6.03 Å². The predicted octanol–water partition coefficient (Wildman–Crippen LogP) is 1.16. The molecule has 0 spiro atoms. The predicted molar refractivity (Wildman–Crippen MR) is 82.8 cm³/mol. The summed E-state index contributed by atoms with van der Waals surface area (Å²) < 4.78 is 15.6. The van der Waals surface area contributed by atoms with Crippen LogP contribution in [0.15, 0.2) is 22.7 Å². The Morgan fingerprint density at radius 1 is 1.28 bits per heavy atom. The monoisotopic (exact) mass is 344 g/mol. The Kier molecular flexibility index (Phi) is 3.38. The molecular formula is C16H16N4O5. The first-order valence-corrected chi connectivity index (χ1v) is 7.76. The third-order valence-corrected chi connectivity index (χ3v) is 4.20. The van der Waals surface area contributed by atoms with Gasteiger partial charge in [0.05, 0.1) is 0 Å². The number of hydrogen-bond acceptors (Lipinski definition) is 7. The summed E-state index contributed by atoms with van der Waals surface area (Å²) in [7, 11) is 0. The number of hydrogen-bond donors (Lipinski definition) is 1. The number of imide groups is 1. The van der Waals surface area contributed by atoms with Crippen LogP contribution in [0.1, 0.15) is 24.2 Å². The number of nitrogens with one attached hydrogen (secondary N) is 1. The van der Waals surface area contributed by atoms with Crippen LogP contribution in [-0.2, 0) is 17.8 Å². The Hall–Kier alpha value is -3.10. The van der Waals surface area contributed by atoms with Crippen molar-refractivity contribution in [2.45, 2.75) is 32.4 Å². The second kappa shape index (κ2) is 5.47. The van der Waals surface area contributed by atoms with Crippen molar-refractivity contribution < 1.29 is 23.6 Å². The van der Waals surface area contributed by atoms with E-state index in [1.54, 1.807) is 19.9 Å². The molecule has 25 heavy (non-hydrogen) atoms. The second-order valence-corrected chi connectivity index (χ2v) is 6.25. The third kappa shape index (κ3) is 2.67. The van der Waals surface area contributed by atoms with Gasteiger partial charge in [-0.25, -0.2) is 4.79 Å². The normalized spacial score (nSPS) is 21.8. The van der Waals surface area contributed by atoms with E-state index in [0.717, 1.165) is 10.5 Å². The van der Waals surface area contributed by atoms with Crippen LogP contribution in [0.25, 0.3) is 0 Å². The van der Waals surface area contributed by atoms with Crippen LogP contribution in [0, 0.1) is 6.92 Å². The summed E-state index contributed by atoms with van der Waals surface area (Å²) in [6, 6.07) is 4.98. The van der Waals surface area contributed by atoms with E-state index in [-0.39, 0.29) is 25.1 Å². The van der Waals surface area contributed by atoms with E-state index in [0.29, 0.717) is 23.7 Å². The van der Waals surface area contributed by atoms with E-state index < -0.39 is 11.6 Å². The zero-order valence-corrected chi connectivity index (χ0v) is 13.7. The van der Waals surface area contributed by atoms with Crippen molar-refractivity contribution in [3.63, 3.8) is 0 Å². The summed E-state index contributed by atoms with van der Waals surface area (Å²) in [6.07, 6.45) is 0.327. The molecule has 0 radical (unpaired) electrons. The van der Waals surface area contributed by atoms with Gasteiger partial charge in [0, 0.05) is 6.42 Å². The number of carbonyl (C=O) groups is 2. The number of aromatic nitrogens is 2. The van der Waals surface area contributed by atoms with Gasteiger partial charge in [0.15, 0.2) is 17.3 Å². The highest BCUT2D eigenvalue weighted by Crippen LogP contribution is 2.34. The van der Waals surface area contributed by atoms with Gasteiger partial charge in [-0.15, -0.1) is 0 Å². The van der Waals surface area contributed by atoms with Crippen molar-refractivity contribution in [1.82, 2.24) is 20.4 Å². The SMILES string of the molecule is Cc1noc(CN2C(=O)N[C@@](C)(Cc3ccc4c(c3)OCO4)C2=O)n1. The summed E-state index contributed by atoms with van der Waals surface area (Å²) in [4.78, 5) is 30.1. The second-order valence-electron chi connectivity index (χ2n) is 6.25. The Morgan fingerprint density at radius 3 is 2.84 bits per heavy atom. The van der Waals surface area contributed by atoms with Gasteiger partial charge in [0.2, 0.25) is 12.7 Å². The Bertz CT molecular complexity index is 864. The molecule has 3 heterocycles. The lowest BCUT2D eigenvalue weighted by molar-refractivity contribution is -0.131. The van der Waals surface area contributed by atoms with Gasteiger partial charge in [0.1, 0.15) is 12.1 Å². The third-order valence-electron chi connectivity index (χ3n) is 4.20. The fourth-order valence-electron chi connectivity index (χ4n) is 3.01. The average Bonchev–Trinajstić information content (AvgIpc) is 3.23. The molecule has 1 saturated heterocycles. The fraction of sp³-hybridized carbons (Fsp3) is 0.375. The topological polar surface area (TPSA) is 107 Å². The van der Waals surface area contributed by atoms with Gasteiger partial charge in [-0.05, 0) is 31.5 Å². The molecule has 0 saturated carbocycles. The lowest BCUT2D eigenvalue weighted by Gasteiger charge is -2.21. The number of urea groups is 1. The molecule has 1 atom stereocenters. The average molecular weight is 344 g/mol. The van der Waals surface area contributed by atoms with Crippen molar-refractivity contribution in [2.24, 2.45) is 0 Å². The highest BCUT2D eigenvalue weighted by molar-refractivity contribution is 6.06. The molecule has 9 nitrogen and oxygen atoms in total. The first-order chi connectivity index (χ1) is 11.9. The minimum atomic E-state index is -1.06. The first-order valence-electron chi connectivity index (χ1n) is 7.76. The van der Waals surface area contributed by atoms with Crippen LogP contribution >= 0.6 is 0 Å². The molecule has 3 amide bonds. The van der Waals surface area contributed by atoms with Crippen molar-refractivity contribution in [1.29, 1.82) is 0 Å². The van der Waals surface area contributed by atoms with E-state index in [2.05, 4.69) is 15.5 Å². The maximum absolute atomic E-state index is 12.8. The molecule has 1 N–H and O–H groups in total. The first kappa shape index (κ1) is 15.4. The summed E-state index contributed by atoms with van der Waals surface area (Å²) in [6.45, 7) is 3.49. The van der Waals surface area contributed by atoms with Crippen molar-refractivity contribution in [2.75, 3.05) is 6.79 Å². The van der Waals surface area contributed by atoms with Gasteiger partial charge in [-0.1, -0.05) is 11.2 Å². The lowest BCUT2D eigenvalue weighted by Crippen LogP contribution is -2.45. The molecule has 4 rings (SSSR count). The zero-order valence-electron chi connectivity index (χ0n) is 13.7. The van der Waals surface area contributed by atoms with Crippen LogP contribution < -0.4 is 14.8 Å². The highest BCUT2D eigenvalue weighted by atomic mass is 16.7. The van der Waals surface area contributed by atoms with E-state index in [9.17, 15) is 9.59 Å². The summed E-state index contributed by atoms with van der Waals surface area (Å²) >= 11 is 0. The van der Waals surface area contributed by atoms with E-state index in [4.69, 9.17) is 14.0 Å². The van der Waals surface area contributed by atoms with Gasteiger partial charge in [0.25, 0.3) is 5.91 Å². The molecule has 0 aliphatic carbocycles. The molecule has 2 aliphatic heterocycles. The number of benzene rings is 1. The number of amides is 3. The molecule has 1 fully saturated rings. The number of rotatable bonds is 4. The number of fused-ring (bicyclic) bond motifs is 1. The zero-order chi connectivity index (χ0) is 17.6. The number of carbonyl (C=O) groups excluding carboxylic acids is 2. The van der Waals surface area contributed by atoms with Crippen LogP contribution in [-0.4, -0.2) is 39.3 Å². The van der Waals surface area contributed by atoms with Gasteiger partial charge < -0.3 is 19.3 Å². The van der Waals surface area contributed by atoms with Crippen LogP contribution in [0.2, 0.25) is 0 Å². The van der Waals surface area contributed by atoms with Gasteiger partial charge in [-0.2, -0.15) is 4.98 Å². The van der Waals surface area contributed by atoms with Crippen molar-refractivity contribution in [3.05, 3.63) is 35.5 Å². The molecule has 0 unspecified atom stereocenters. The number of ether oxygens (including phenoxy) is 2. The molecule has 9 heteroatoms. The van der Waals surface area contributed by atoms with E-state index in [1.165, 1.54) is 0 Å². The Balaban J connectivity index is 1.53. The Morgan fingerprint density at radius 2 is 2.08 bits per heavy atom. The molecule has 0 bridgehead atoms. The number of nitrogens with zero attached hydrogens (tertiary/aromatic N) is 3. The van der Waals surface area contributed by atoms with E-state index in [1.807, 2.05) is 12.1 Å². The molecule has 130 valence electrons. The van der Waals surface area contributed by atoms with Gasteiger partial charge in [-0.3, -0.25) is 9.69 Å². The van der Waals surface area contributed by atoms with E-state index >= 15 is 0 Å². The largest absolute Gasteiger partial charge is 0.454 e. The summed E-state index contributed by atoms with van der Waals surface area (Å²) in [5.74, 6) is 1.63. The minimum Gasteiger partial charge on any atom is -0.454 e. The van der Waals surface area contributed by atoms with Crippen LogP contribution in [0.3, 0.4) is 0 Å². The van der Waals surface area contributed by atoms with Crippen LogP contribution in [0.5, 0.6) is 11.5 Å². The summed E-state index contributed by atoms with van der Waals surface area (Å²) in [5, 5.41) is 6.41. The quantitative estimate of drug-likeness (QED) is 0.829. The molecule has 2 aromatic rings. The van der Waals surface area contributed by atoms with Crippen molar-refractivity contribution >= 4 is 11.9 Å². The standard InChI is InChI=1S/C16H16N4O5/c1-9-17-13(25-19-9)7-20-14(21)16(2,18-15(20)22)6-10-3-4-11-12(5-10)24-8-23-11/h3-5H,6-8H2,1-2H3,(H,18,22)/t16-/m0/s1. The molecule has 1 aromatic heterocycles. The molecule has 2 aliphatic rings. The minimum absolute atomic E-state index is 0.0533. The highest BCUT2D eigenvalue weighted by Gasteiger charge is 2.48.